The molecular formula is C13H16F3N3OS. The number of carbonyl (C=O) groups is 1. The summed E-state index contributed by atoms with van der Waals surface area (Å²) >= 11 is 4.80. The minimum atomic E-state index is -4.48. The molecule has 0 saturated heterocycles. The molecule has 1 aromatic carbocycles. The van der Waals surface area contributed by atoms with E-state index in [0.717, 1.165) is 12.1 Å². The average molecular weight is 319 g/mol. The molecule has 1 amide bonds. The lowest BCUT2D eigenvalue weighted by atomic mass is 10.1. The number of carbonyl (C=O) groups excluding carboxylic acids is 1. The Morgan fingerprint density at radius 3 is 2.29 bits per heavy atom. The molecule has 0 heterocycles. The Balaban J connectivity index is 3.18. The number of hydrogen-bond acceptors (Lipinski definition) is 3. The highest BCUT2D eigenvalue weighted by Crippen LogP contribution is 2.32. The van der Waals surface area contributed by atoms with E-state index in [1.54, 1.807) is 21.1 Å². The Bertz CT molecular complexity index is 558. The van der Waals surface area contributed by atoms with Crippen molar-refractivity contribution in [1.82, 2.24) is 4.90 Å². The molecule has 21 heavy (non-hydrogen) atoms. The molecule has 0 aromatic heterocycles. The fourth-order valence-electron chi connectivity index (χ4n) is 1.67. The van der Waals surface area contributed by atoms with E-state index in [4.69, 9.17) is 18.0 Å². The minimum Gasteiger partial charge on any atom is -0.389 e. The molecule has 4 nitrogen and oxygen atoms in total. The molecule has 0 bridgehead atoms. The van der Waals surface area contributed by atoms with Gasteiger partial charge in [-0.05, 0) is 18.2 Å². The zero-order valence-corrected chi connectivity index (χ0v) is 12.7. The Hall–Kier alpha value is -1.83. The van der Waals surface area contributed by atoms with Crippen molar-refractivity contribution in [3.8, 4) is 0 Å². The van der Waals surface area contributed by atoms with Crippen LogP contribution >= 0.6 is 12.2 Å². The SMILES string of the molecule is CN(C)C(=O)CN(C)c1ccc(C(F)(F)F)cc1C(N)=S. The van der Waals surface area contributed by atoms with Gasteiger partial charge in [-0.15, -0.1) is 0 Å². The second-order valence-corrected chi connectivity index (χ2v) is 5.18. The van der Waals surface area contributed by atoms with Crippen molar-refractivity contribution in [3.63, 3.8) is 0 Å². The van der Waals surface area contributed by atoms with Gasteiger partial charge in [-0.3, -0.25) is 4.79 Å². The predicted molar refractivity (Wildman–Crippen MR) is 79.3 cm³/mol. The maximum atomic E-state index is 12.7. The normalized spacial score (nSPS) is 11.1. The Kier molecular flexibility index (Phi) is 5.16. The van der Waals surface area contributed by atoms with Crippen molar-refractivity contribution >= 4 is 28.8 Å². The fraction of sp³-hybridized carbons (Fsp3) is 0.385. The number of hydrogen-bond donors (Lipinski definition) is 1. The number of thiocarbonyl (C=S) groups is 1. The summed E-state index contributed by atoms with van der Waals surface area (Å²) in [7, 11) is 4.78. The van der Waals surface area contributed by atoms with Crippen LogP contribution in [0.15, 0.2) is 18.2 Å². The van der Waals surface area contributed by atoms with Gasteiger partial charge in [0, 0.05) is 32.4 Å². The van der Waals surface area contributed by atoms with Crippen LogP contribution in [0.4, 0.5) is 18.9 Å². The fourth-order valence-corrected chi connectivity index (χ4v) is 1.84. The van der Waals surface area contributed by atoms with Gasteiger partial charge >= 0.3 is 6.18 Å². The lowest BCUT2D eigenvalue weighted by Gasteiger charge is -2.24. The third-order valence-electron chi connectivity index (χ3n) is 2.87. The third kappa shape index (κ3) is 4.32. The van der Waals surface area contributed by atoms with Crippen molar-refractivity contribution in [2.75, 3.05) is 32.6 Å². The third-order valence-corrected chi connectivity index (χ3v) is 3.09. The summed E-state index contributed by atoms with van der Waals surface area (Å²) in [6, 6.07) is 3.10. The summed E-state index contributed by atoms with van der Waals surface area (Å²) in [6.07, 6.45) is -4.48. The topological polar surface area (TPSA) is 49.6 Å². The Morgan fingerprint density at radius 2 is 1.86 bits per heavy atom. The zero-order chi connectivity index (χ0) is 16.4. The van der Waals surface area contributed by atoms with Crippen LogP contribution < -0.4 is 10.6 Å². The Labute approximate surface area is 126 Å². The van der Waals surface area contributed by atoms with Crippen LogP contribution in [-0.2, 0) is 11.0 Å². The van der Waals surface area contributed by atoms with Crippen molar-refractivity contribution in [2.24, 2.45) is 5.73 Å². The van der Waals surface area contributed by atoms with E-state index in [2.05, 4.69) is 0 Å². The van der Waals surface area contributed by atoms with Crippen LogP contribution in [0, 0.1) is 0 Å². The zero-order valence-electron chi connectivity index (χ0n) is 11.9. The molecule has 8 heteroatoms. The molecule has 0 atom stereocenters. The average Bonchev–Trinajstić information content (AvgIpc) is 2.36. The molecular weight excluding hydrogens is 303 g/mol. The van der Waals surface area contributed by atoms with Crippen LogP contribution in [0.3, 0.4) is 0 Å². The first-order valence-corrected chi connectivity index (χ1v) is 6.37. The predicted octanol–water partition coefficient (Wildman–Crippen LogP) is 1.86. The molecule has 1 rings (SSSR count). The molecule has 0 aliphatic heterocycles. The summed E-state index contributed by atoms with van der Waals surface area (Å²) in [5.41, 5.74) is 5.14. The van der Waals surface area contributed by atoms with E-state index in [1.165, 1.54) is 15.9 Å². The molecule has 0 saturated carbocycles. The van der Waals surface area contributed by atoms with Gasteiger partial charge in [0.2, 0.25) is 5.91 Å². The monoisotopic (exact) mass is 319 g/mol. The molecule has 0 spiro atoms. The van der Waals surface area contributed by atoms with Gasteiger partial charge in [-0.25, -0.2) is 0 Å². The summed E-state index contributed by atoms with van der Waals surface area (Å²) in [5.74, 6) is -0.189. The molecule has 2 N–H and O–H groups in total. The molecule has 0 radical (unpaired) electrons. The van der Waals surface area contributed by atoms with Crippen molar-refractivity contribution < 1.29 is 18.0 Å². The first-order chi connectivity index (χ1) is 9.54. The maximum absolute atomic E-state index is 12.7. The van der Waals surface area contributed by atoms with Gasteiger partial charge in [0.05, 0.1) is 12.1 Å². The maximum Gasteiger partial charge on any atom is 0.416 e. The van der Waals surface area contributed by atoms with E-state index in [-0.39, 0.29) is 23.0 Å². The highest BCUT2D eigenvalue weighted by Gasteiger charge is 2.31. The molecule has 0 fully saturated rings. The van der Waals surface area contributed by atoms with E-state index >= 15 is 0 Å². The van der Waals surface area contributed by atoms with Gasteiger partial charge in [-0.1, -0.05) is 12.2 Å². The van der Waals surface area contributed by atoms with Crippen LogP contribution in [0.5, 0.6) is 0 Å². The largest absolute Gasteiger partial charge is 0.416 e. The van der Waals surface area contributed by atoms with E-state index < -0.39 is 11.7 Å². The smallest absolute Gasteiger partial charge is 0.389 e. The number of amides is 1. The van der Waals surface area contributed by atoms with Crippen LogP contribution in [0.25, 0.3) is 0 Å². The van der Waals surface area contributed by atoms with Gasteiger partial charge in [0.25, 0.3) is 0 Å². The van der Waals surface area contributed by atoms with E-state index in [1.807, 2.05) is 0 Å². The summed E-state index contributed by atoms with van der Waals surface area (Å²) < 4.78 is 38.2. The standard InChI is InChI=1S/C13H16F3N3OS/c1-18(2)11(20)7-19(3)10-5-4-8(13(14,15)16)6-9(10)12(17)21/h4-6H,7H2,1-3H3,(H2,17,21). The van der Waals surface area contributed by atoms with Crippen molar-refractivity contribution in [1.29, 1.82) is 0 Å². The summed E-state index contributed by atoms with van der Waals surface area (Å²) in [4.78, 5) is 14.4. The molecule has 0 aliphatic rings. The number of anilines is 1. The Morgan fingerprint density at radius 1 is 1.29 bits per heavy atom. The van der Waals surface area contributed by atoms with Crippen LogP contribution in [0.2, 0.25) is 0 Å². The lowest BCUT2D eigenvalue weighted by Crippen LogP contribution is -2.35. The minimum absolute atomic E-state index is 0.00791. The number of rotatable bonds is 4. The van der Waals surface area contributed by atoms with Gasteiger partial charge in [0.1, 0.15) is 4.99 Å². The number of alkyl halides is 3. The summed E-state index contributed by atoms with van der Waals surface area (Å²) in [5, 5.41) is 0. The first-order valence-electron chi connectivity index (χ1n) is 5.96. The highest BCUT2D eigenvalue weighted by molar-refractivity contribution is 7.80. The highest BCUT2D eigenvalue weighted by atomic mass is 32.1. The second-order valence-electron chi connectivity index (χ2n) is 4.74. The molecule has 116 valence electrons. The number of halogens is 3. The van der Waals surface area contributed by atoms with Crippen molar-refractivity contribution in [2.45, 2.75) is 6.18 Å². The molecule has 0 unspecified atom stereocenters. The summed E-state index contributed by atoms with van der Waals surface area (Å²) in [6.45, 7) is 0.00791. The lowest BCUT2D eigenvalue weighted by molar-refractivity contribution is -0.137. The number of nitrogens with zero attached hydrogens (tertiary/aromatic N) is 2. The first kappa shape index (κ1) is 17.2. The second kappa shape index (κ2) is 6.30. The van der Waals surface area contributed by atoms with Crippen molar-refractivity contribution in [3.05, 3.63) is 29.3 Å². The molecule has 1 aromatic rings. The quantitative estimate of drug-likeness (QED) is 0.861. The van der Waals surface area contributed by atoms with Gasteiger partial charge in [-0.2, -0.15) is 13.2 Å². The molecule has 0 aliphatic carbocycles. The van der Waals surface area contributed by atoms with E-state index in [9.17, 15) is 18.0 Å². The number of likely N-dealkylation sites (N-methyl/N-ethyl adjacent to an activating group) is 2. The number of nitrogens with two attached hydrogens (primary N) is 1. The number of benzene rings is 1. The van der Waals surface area contributed by atoms with Gasteiger partial charge < -0.3 is 15.5 Å². The van der Waals surface area contributed by atoms with Crippen LogP contribution in [-0.4, -0.2) is 43.5 Å². The van der Waals surface area contributed by atoms with Gasteiger partial charge in [0.15, 0.2) is 0 Å². The van der Waals surface area contributed by atoms with Crippen LogP contribution in [0.1, 0.15) is 11.1 Å². The van der Waals surface area contributed by atoms with E-state index in [0.29, 0.717) is 5.69 Å².